The molecule has 0 fully saturated rings. The Morgan fingerprint density at radius 3 is 2.27 bits per heavy atom. The summed E-state index contributed by atoms with van der Waals surface area (Å²) in [4.78, 5) is 0.666. The molecule has 0 atom stereocenters. The van der Waals surface area contributed by atoms with Gasteiger partial charge in [-0.25, -0.2) is 0 Å². The van der Waals surface area contributed by atoms with Crippen molar-refractivity contribution in [3.05, 3.63) is 30.3 Å². The molecule has 0 saturated carbocycles. The highest BCUT2D eigenvalue weighted by Gasteiger charge is 2.31. The molecule has 0 heterocycles. The van der Waals surface area contributed by atoms with Crippen LogP contribution in [0.1, 0.15) is 5.56 Å². The van der Waals surface area contributed by atoms with Gasteiger partial charge in [-0.15, -0.1) is 0 Å². The van der Waals surface area contributed by atoms with Crippen LogP contribution in [0.15, 0.2) is 24.8 Å². The lowest BCUT2D eigenvalue weighted by Gasteiger charge is -2.21. The number of quaternary nitrogens is 1. The third kappa shape index (κ3) is 2.62. The molecule has 0 aliphatic rings. The molecule has 1 aromatic rings. The minimum Gasteiger partial charge on any atom is -0.445 e. The normalized spacial score (nSPS) is 11.9. The minimum absolute atomic E-state index is 0.271. The Bertz CT molecular complexity index is 371. The molecule has 1 aromatic carbocycles. The first-order chi connectivity index (χ1) is 6.86. The molecule has 0 aliphatic carbocycles. The van der Waals surface area contributed by atoms with Crippen molar-refractivity contribution in [3.8, 4) is 0 Å². The molecule has 0 radical (unpaired) electrons. The van der Waals surface area contributed by atoms with Crippen molar-refractivity contribution in [1.82, 2.24) is 0 Å². The number of rotatable bonds is 3. The summed E-state index contributed by atoms with van der Waals surface area (Å²) in [6.45, 7) is -1.50. The standard InChI is InChI=1S/C10H12BF3N/c1-4-8-5-6-10(15(2)3)9(7-8)11(12,13)14/h4-7H,1H2,2-3H3/q-1/p+1. The Hall–Kier alpha value is -1.23. The predicted molar refractivity (Wildman–Crippen MR) is 57.7 cm³/mol. The van der Waals surface area contributed by atoms with Crippen LogP contribution in [0.2, 0.25) is 0 Å². The van der Waals surface area contributed by atoms with Crippen LogP contribution in [0, 0.1) is 0 Å². The van der Waals surface area contributed by atoms with Gasteiger partial charge in [0, 0.05) is 0 Å². The van der Waals surface area contributed by atoms with Gasteiger partial charge < -0.3 is 17.8 Å². The molecule has 1 N–H and O–H groups in total. The van der Waals surface area contributed by atoms with Crippen molar-refractivity contribution in [3.63, 3.8) is 0 Å². The molecule has 15 heavy (non-hydrogen) atoms. The lowest BCUT2D eigenvalue weighted by Crippen LogP contribution is -3.01. The molecule has 82 valence electrons. The fraction of sp³-hybridized carbons (Fsp3) is 0.200. The van der Waals surface area contributed by atoms with Crippen molar-refractivity contribution in [1.29, 1.82) is 0 Å². The number of nitrogens with one attached hydrogen (secondary N) is 1. The van der Waals surface area contributed by atoms with E-state index in [9.17, 15) is 12.9 Å². The molecule has 5 heteroatoms. The fourth-order valence-corrected chi connectivity index (χ4v) is 1.43. The molecule has 0 saturated heterocycles. The lowest BCUT2D eigenvalue weighted by atomic mass is 9.77. The summed E-state index contributed by atoms with van der Waals surface area (Å²) in [5, 5.41) is 0. The third-order valence-electron chi connectivity index (χ3n) is 2.20. The van der Waals surface area contributed by atoms with E-state index in [1.807, 2.05) is 0 Å². The van der Waals surface area contributed by atoms with Crippen LogP contribution in [0.3, 0.4) is 0 Å². The van der Waals surface area contributed by atoms with Gasteiger partial charge in [-0.2, -0.15) is 0 Å². The Morgan fingerprint density at radius 1 is 1.27 bits per heavy atom. The van der Waals surface area contributed by atoms with E-state index in [4.69, 9.17) is 0 Å². The highest BCUT2D eigenvalue weighted by Crippen LogP contribution is 2.15. The molecular weight excluding hydrogens is 202 g/mol. The van der Waals surface area contributed by atoms with Gasteiger partial charge in [0.05, 0.1) is 14.1 Å². The topological polar surface area (TPSA) is 4.44 Å². The van der Waals surface area contributed by atoms with Crippen molar-refractivity contribution in [2.24, 2.45) is 0 Å². The molecule has 0 amide bonds. The Balaban J connectivity index is 3.35. The van der Waals surface area contributed by atoms with Gasteiger partial charge in [0.1, 0.15) is 5.69 Å². The van der Waals surface area contributed by atoms with Gasteiger partial charge in [-0.05, 0) is 23.2 Å². The molecule has 0 aromatic heterocycles. The summed E-state index contributed by atoms with van der Waals surface area (Å²) in [5.74, 6) is 0. The summed E-state index contributed by atoms with van der Waals surface area (Å²) < 4.78 is 38.2. The van der Waals surface area contributed by atoms with Gasteiger partial charge in [0.25, 0.3) is 0 Å². The molecule has 0 unspecified atom stereocenters. The molecule has 0 spiro atoms. The van der Waals surface area contributed by atoms with E-state index in [2.05, 4.69) is 6.58 Å². The zero-order valence-corrected chi connectivity index (χ0v) is 8.73. The second kappa shape index (κ2) is 4.10. The minimum atomic E-state index is -4.96. The van der Waals surface area contributed by atoms with Crippen LogP contribution in [0.4, 0.5) is 18.6 Å². The number of benzene rings is 1. The molecule has 0 bridgehead atoms. The average molecular weight is 215 g/mol. The quantitative estimate of drug-likeness (QED) is 0.721. The summed E-state index contributed by atoms with van der Waals surface area (Å²) in [6, 6.07) is 4.28. The Morgan fingerprint density at radius 2 is 1.87 bits per heavy atom. The highest BCUT2D eigenvalue weighted by molar-refractivity contribution is 6.74. The second-order valence-electron chi connectivity index (χ2n) is 3.63. The smallest absolute Gasteiger partial charge is 0.445 e. The Labute approximate surface area is 87.3 Å². The number of hydrogen-bond acceptors (Lipinski definition) is 0. The van der Waals surface area contributed by atoms with Crippen molar-refractivity contribution >= 4 is 24.2 Å². The fourth-order valence-electron chi connectivity index (χ4n) is 1.43. The zero-order chi connectivity index (χ0) is 11.6. The zero-order valence-electron chi connectivity index (χ0n) is 8.73. The predicted octanol–water partition coefficient (Wildman–Crippen LogP) is 1.16. The molecule has 1 nitrogen and oxygen atoms in total. The summed E-state index contributed by atoms with van der Waals surface area (Å²) in [5.41, 5.74) is 0.231. The van der Waals surface area contributed by atoms with Crippen LogP contribution in [0.25, 0.3) is 6.08 Å². The van der Waals surface area contributed by atoms with Crippen LogP contribution in [-0.2, 0) is 0 Å². The van der Waals surface area contributed by atoms with E-state index in [0.29, 0.717) is 10.5 Å². The van der Waals surface area contributed by atoms with E-state index in [1.165, 1.54) is 12.1 Å². The summed E-state index contributed by atoms with van der Waals surface area (Å²) in [6.07, 6.45) is 1.42. The van der Waals surface area contributed by atoms with E-state index in [-0.39, 0.29) is 5.69 Å². The van der Waals surface area contributed by atoms with Gasteiger partial charge in [0.2, 0.25) is 0 Å². The van der Waals surface area contributed by atoms with Gasteiger partial charge in [-0.3, -0.25) is 0 Å². The first-order valence-corrected chi connectivity index (χ1v) is 4.63. The van der Waals surface area contributed by atoms with Crippen molar-refractivity contribution in [2.45, 2.75) is 0 Å². The highest BCUT2D eigenvalue weighted by atomic mass is 19.4. The van der Waals surface area contributed by atoms with E-state index >= 15 is 0 Å². The lowest BCUT2D eigenvalue weighted by molar-refractivity contribution is -0.785. The maximum atomic E-state index is 12.7. The number of halogens is 3. The molecule has 1 rings (SSSR count). The monoisotopic (exact) mass is 215 g/mol. The first-order valence-electron chi connectivity index (χ1n) is 4.63. The molecule has 0 aliphatic heterocycles. The third-order valence-corrected chi connectivity index (χ3v) is 2.20. The maximum Gasteiger partial charge on any atom is 0.515 e. The van der Waals surface area contributed by atoms with Gasteiger partial charge in [-0.1, -0.05) is 18.7 Å². The van der Waals surface area contributed by atoms with Crippen LogP contribution >= 0.6 is 0 Å². The summed E-state index contributed by atoms with van der Waals surface area (Å²) in [7, 11) is 3.35. The van der Waals surface area contributed by atoms with E-state index in [1.54, 1.807) is 20.2 Å². The van der Waals surface area contributed by atoms with E-state index in [0.717, 1.165) is 6.07 Å². The summed E-state index contributed by atoms with van der Waals surface area (Å²) >= 11 is 0. The van der Waals surface area contributed by atoms with Crippen molar-refractivity contribution in [2.75, 3.05) is 14.1 Å². The molecular formula is C10H13BF3N. The van der Waals surface area contributed by atoms with Crippen LogP contribution in [0.5, 0.6) is 0 Å². The number of hydrogen-bond donors (Lipinski definition) is 1. The van der Waals surface area contributed by atoms with Crippen LogP contribution in [-0.4, -0.2) is 21.1 Å². The average Bonchev–Trinajstić information content (AvgIpc) is 2.15. The largest absolute Gasteiger partial charge is 0.515 e. The Kier molecular flexibility index (Phi) is 3.24. The maximum absolute atomic E-state index is 12.7. The van der Waals surface area contributed by atoms with Gasteiger partial charge >= 0.3 is 6.98 Å². The SMILES string of the molecule is C=Cc1ccc([NH+](C)C)c([B-](F)(F)F)c1. The first kappa shape index (κ1) is 11.8. The van der Waals surface area contributed by atoms with Crippen molar-refractivity contribution < 1.29 is 17.8 Å². The van der Waals surface area contributed by atoms with Crippen LogP contribution < -0.4 is 10.4 Å². The second-order valence-corrected chi connectivity index (χ2v) is 3.63. The van der Waals surface area contributed by atoms with Gasteiger partial charge in [0.15, 0.2) is 0 Å². The van der Waals surface area contributed by atoms with E-state index < -0.39 is 12.4 Å².